The molecule has 1 amide bonds. The fourth-order valence-electron chi connectivity index (χ4n) is 2.28. The van der Waals surface area contributed by atoms with Crippen molar-refractivity contribution in [3.05, 3.63) is 29.6 Å². The van der Waals surface area contributed by atoms with E-state index >= 15 is 0 Å². The van der Waals surface area contributed by atoms with Crippen LogP contribution in [0.4, 0.5) is 14.9 Å². The van der Waals surface area contributed by atoms with Gasteiger partial charge in [-0.3, -0.25) is 19.8 Å². The van der Waals surface area contributed by atoms with Gasteiger partial charge in [-0.1, -0.05) is 11.6 Å². The number of esters is 2. The highest BCUT2D eigenvalue weighted by molar-refractivity contribution is 6.20. The van der Waals surface area contributed by atoms with Gasteiger partial charge in [0.2, 0.25) is 0 Å². The maximum atomic E-state index is 13.9. The summed E-state index contributed by atoms with van der Waals surface area (Å²) in [6, 6.07) is 3.53. The molecule has 0 heterocycles. The minimum atomic E-state index is -1.15. The van der Waals surface area contributed by atoms with E-state index in [4.69, 9.17) is 25.8 Å². The van der Waals surface area contributed by atoms with E-state index in [1.54, 1.807) is 20.8 Å². The maximum absolute atomic E-state index is 13.9. The highest BCUT2D eigenvalue weighted by atomic mass is 35.5. The molecule has 0 bridgehead atoms. The van der Waals surface area contributed by atoms with Crippen LogP contribution in [0.25, 0.3) is 0 Å². The Hall–Kier alpha value is -2.39. The molecule has 0 spiro atoms. The number of hydrogen-bond acceptors (Lipinski definition) is 7. The number of carbonyl (C=O) groups is 3. The zero-order valence-electron chi connectivity index (χ0n) is 17.2. The zero-order chi connectivity index (χ0) is 22.4. The average molecular weight is 433 g/mol. The molecule has 2 unspecified atom stereocenters. The van der Waals surface area contributed by atoms with Crippen LogP contribution in [-0.2, 0) is 23.8 Å². The van der Waals surface area contributed by atoms with Crippen LogP contribution < -0.4 is 10.2 Å². The van der Waals surface area contributed by atoms with E-state index in [-0.39, 0.29) is 17.8 Å². The zero-order valence-corrected chi connectivity index (χ0v) is 18.0. The fourth-order valence-corrected chi connectivity index (χ4v) is 2.36. The molecular formula is C19H26ClFN2O6. The van der Waals surface area contributed by atoms with Gasteiger partial charge >= 0.3 is 18.0 Å². The van der Waals surface area contributed by atoms with E-state index in [0.29, 0.717) is 0 Å². The number of ether oxygens (including phenoxy) is 3. The molecule has 0 saturated heterocycles. The summed E-state index contributed by atoms with van der Waals surface area (Å²) >= 11 is 5.67. The summed E-state index contributed by atoms with van der Waals surface area (Å²) in [7, 11) is 1.35. The van der Waals surface area contributed by atoms with Gasteiger partial charge in [0.15, 0.2) is 11.8 Å². The number of rotatable bonds is 7. The summed E-state index contributed by atoms with van der Waals surface area (Å²) in [6.45, 7) is 7.47. The Balaban J connectivity index is 3.16. The van der Waals surface area contributed by atoms with Gasteiger partial charge in [-0.2, -0.15) is 0 Å². The van der Waals surface area contributed by atoms with E-state index in [0.717, 1.165) is 17.0 Å². The molecule has 1 aromatic carbocycles. The van der Waals surface area contributed by atoms with Gasteiger partial charge in [0, 0.05) is 19.5 Å². The summed E-state index contributed by atoms with van der Waals surface area (Å²) in [6.07, 6.45) is -1.99. The van der Waals surface area contributed by atoms with Crippen LogP contribution in [0, 0.1) is 5.82 Å². The molecule has 0 fully saturated rings. The number of hydrogen-bond donors (Lipinski definition) is 1. The number of nitrogens with zero attached hydrogens (tertiary/aromatic N) is 1. The van der Waals surface area contributed by atoms with E-state index in [9.17, 15) is 18.8 Å². The minimum Gasteiger partial charge on any atom is -0.459 e. The maximum Gasteiger partial charge on any atom is 0.415 e. The number of alkyl halides is 1. The van der Waals surface area contributed by atoms with E-state index in [1.807, 2.05) is 0 Å². The van der Waals surface area contributed by atoms with Crippen molar-refractivity contribution >= 4 is 35.3 Å². The summed E-state index contributed by atoms with van der Waals surface area (Å²) in [5, 5.41) is 2.74. The summed E-state index contributed by atoms with van der Waals surface area (Å²) in [4.78, 5) is 36.7. The number of anilines is 1. The van der Waals surface area contributed by atoms with Crippen LogP contribution in [0.3, 0.4) is 0 Å². The highest BCUT2D eigenvalue weighted by Crippen LogP contribution is 2.29. The number of benzene rings is 1. The summed E-state index contributed by atoms with van der Waals surface area (Å²) in [5.74, 6) is -1.86. The molecule has 10 heteroatoms. The number of amides is 1. The molecule has 0 aromatic heterocycles. The third-order valence-electron chi connectivity index (χ3n) is 3.31. The number of halogens is 2. The molecule has 0 aliphatic heterocycles. The first-order chi connectivity index (χ1) is 13.3. The largest absolute Gasteiger partial charge is 0.459 e. The Kier molecular flexibility index (Phi) is 8.84. The monoisotopic (exact) mass is 432 g/mol. The van der Waals surface area contributed by atoms with E-state index in [1.165, 1.54) is 27.0 Å². The molecule has 2 atom stereocenters. The minimum absolute atomic E-state index is 0.0651. The molecule has 1 aromatic rings. The lowest BCUT2D eigenvalue weighted by atomic mass is 10.1. The van der Waals surface area contributed by atoms with E-state index < -0.39 is 41.2 Å². The molecule has 0 saturated carbocycles. The van der Waals surface area contributed by atoms with Crippen molar-refractivity contribution < 1.29 is 33.0 Å². The third kappa shape index (κ3) is 8.66. The summed E-state index contributed by atoms with van der Waals surface area (Å²) < 4.78 is 29.2. The number of nitrogens with one attached hydrogen (secondary N) is 1. The van der Waals surface area contributed by atoms with Gasteiger partial charge in [-0.05, 0) is 45.9 Å². The SMILES string of the molecule is CC(=O)OC(NCC(=O)OC(C)(C)C)c1ccc(F)cc1N(C)C(=O)OC(C)Cl. The molecule has 0 aliphatic carbocycles. The Morgan fingerprint density at radius 2 is 1.86 bits per heavy atom. The molecule has 1 rings (SSSR count). The average Bonchev–Trinajstić information content (AvgIpc) is 2.55. The third-order valence-corrected chi connectivity index (χ3v) is 3.40. The van der Waals surface area contributed by atoms with E-state index in [2.05, 4.69) is 5.32 Å². The van der Waals surface area contributed by atoms with Gasteiger partial charge in [0.05, 0.1) is 12.2 Å². The lowest BCUT2D eigenvalue weighted by Crippen LogP contribution is -2.36. The van der Waals surface area contributed by atoms with Crippen molar-refractivity contribution in [2.75, 3.05) is 18.5 Å². The van der Waals surface area contributed by atoms with Crippen molar-refractivity contribution in [1.29, 1.82) is 0 Å². The van der Waals surface area contributed by atoms with Crippen LogP contribution in [-0.4, -0.2) is 42.8 Å². The second kappa shape index (κ2) is 10.4. The van der Waals surface area contributed by atoms with Gasteiger partial charge in [0.1, 0.15) is 11.4 Å². The van der Waals surface area contributed by atoms with Crippen molar-refractivity contribution in [3.63, 3.8) is 0 Å². The van der Waals surface area contributed by atoms with Crippen molar-refractivity contribution in [2.24, 2.45) is 0 Å². The molecule has 8 nitrogen and oxygen atoms in total. The standard InChI is InChI=1S/C19H26ClFN2O6/c1-11(20)27-18(26)23(6)15-9-13(21)7-8-14(15)17(28-12(2)24)22-10-16(25)29-19(3,4)5/h7-9,11,17,22H,10H2,1-6H3. The Labute approximate surface area is 174 Å². The lowest BCUT2D eigenvalue weighted by molar-refractivity contribution is -0.157. The molecular weight excluding hydrogens is 407 g/mol. The Bertz CT molecular complexity index is 751. The highest BCUT2D eigenvalue weighted by Gasteiger charge is 2.26. The second-order valence-corrected chi connectivity index (χ2v) is 7.76. The van der Waals surface area contributed by atoms with Crippen LogP contribution in [0.1, 0.15) is 46.4 Å². The van der Waals surface area contributed by atoms with Crippen molar-refractivity contribution in [2.45, 2.75) is 52.0 Å². The smallest absolute Gasteiger partial charge is 0.415 e. The van der Waals surface area contributed by atoms with Crippen LogP contribution in [0.2, 0.25) is 0 Å². The molecule has 29 heavy (non-hydrogen) atoms. The number of carbonyl (C=O) groups excluding carboxylic acids is 3. The normalized spacial score (nSPS) is 13.2. The summed E-state index contributed by atoms with van der Waals surface area (Å²) in [5.41, 5.74) is -1.31. The second-order valence-electron chi connectivity index (χ2n) is 7.15. The molecule has 1 N–H and O–H groups in total. The van der Waals surface area contributed by atoms with Crippen molar-refractivity contribution in [3.8, 4) is 0 Å². The first kappa shape index (κ1) is 24.6. The predicted octanol–water partition coefficient (Wildman–Crippen LogP) is 3.48. The van der Waals surface area contributed by atoms with Crippen LogP contribution in [0.5, 0.6) is 0 Å². The van der Waals surface area contributed by atoms with Gasteiger partial charge in [0.25, 0.3) is 0 Å². The lowest BCUT2D eigenvalue weighted by Gasteiger charge is -2.26. The predicted molar refractivity (Wildman–Crippen MR) is 105 cm³/mol. The Morgan fingerprint density at radius 3 is 2.38 bits per heavy atom. The topological polar surface area (TPSA) is 94.2 Å². The fraction of sp³-hybridized carbons (Fsp3) is 0.526. The van der Waals surface area contributed by atoms with Gasteiger partial charge in [-0.25, -0.2) is 9.18 Å². The van der Waals surface area contributed by atoms with Gasteiger partial charge < -0.3 is 14.2 Å². The van der Waals surface area contributed by atoms with Gasteiger partial charge in [-0.15, -0.1) is 0 Å². The quantitative estimate of drug-likeness (QED) is 0.305. The molecule has 0 radical (unpaired) electrons. The molecule has 0 aliphatic rings. The first-order valence-corrected chi connectivity index (χ1v) is 9.24. The Morgan fingerprint density at radius 1 is 1.24 bits per heavy atom. The van der Waals surface area contributed by atoms with Crippen LogP contribution >= 0.6 is 11.6 Å². The first-order valence-electron chi connectivity index (χ1n) is 8.80. The van der Waals surface area contributed by atoms with Crippen LogP contribution in [0.15, 0.2) is 18.2 Å². The van der Waals surface area contributed by atoms with Crippen molar-refractivity contribution in [1.82, 2.24) is 5.32 Å². The molecule has 162 valence electrons.